The second-order valence-electron chi connectivity index (χ2n) is 26.4. The molecule has 2 aliphatic heterocycles. The number of carbonyl (C=O) groups excluding carboxylic acids is 8. The molecule has 0 spiro atoms. The number of nitrogens with zero attached hydrogens (tertiary/aromatic N) is 6. The van der Waals surface area contributed by atoms with E-state index in [4.69, 9.17) is 31.4 Å². The number of fused-ring (bicyclic) bond motifs is 2. The summed E-state index contributed by atoms with van der Waals surface area (Å²) in [6.07, 6.45) is -3.16. The summed E-state index contributed by atoms with van der Waals surface area (Å²) >= 11 is 1.45. The number of ketones is 1. The molecule has 6 rings (SSSR count). The van der Waals surface area contributed by atoms with Crippen molar-refractivity contribution in [2.75, 3.05) is 48.9 Å². The van der Waals surface area contributed by atoms with Gasteiger partial charge < -0.3 is 94.0 Å². The number of ether oxygens (including phenoxy) is 3. The number of hydrogen-bond acceptors (Lipinski definition) is 29. The average Bonchev–Trinajstić information content (AvgIpc) is 1.61. The van der Waals surface area contributed by atoms with Crippen molar-refractivity contribution < 1.29 is 102 Å². The van der Waals surface area contributed by atoms with E-state index in [2.05, 4.69) is 66.7 Å². The molecule has 5 amide bonds. The highest BCUT2D eigenvalue weighted by molar-refractivity contribution is 8.76. The van der Waals surface area contributed by atoms with Crippen LogP contribution in [0, 0.1) is 24.2 Å². The minimum absolute atomic E-state index is 0.000727. The molecule has 108 heavy (non-hydrogen) atoms. The molecule has 12 unspecified atom stereocenters. The number of rotatable bonds is 36. The van der Waals surface area contributed by atoms with Crippen LogP contribution in [0.25, 0.3) is 17.2 Å². The van der Waals surface area contributed by atoms with Gasteiger partial charge in [-0.2, -0.15) is 4.98 Å². The quantitative estimate of drug-likeness (QED) is 0.00748. The topological polar surface area (TPSA) is 604 Å². The number of anilines is 2. The number of aryl methyl sites for hydroxylation is 1. The highest BCUT2D eigenvalue weighted by Crippen LogP contribution is 2.39. The first-order valence-electron chi connectivity index (χ1n) is 34.3. The summed E-state index contributed by atoms with van der Waals surface area (Å²) < 4.78 is 16.7. The van der Waals surface area contributed by atoms with Gasteiger partial charge in [-0.05, 0) is 87.8 Å². The maximum Gasteiger partial charge on any atom is 0.508 e. The number of aliphatic carboxylic acids is 4. The molecule has 2 fully saturated rings. The number of amides is 5. The van der Waals surface area contributed by atoms with E-state index < -0.39 is 163 Å². The third-order valence-corrected chi connectivity index (χ3v) is 21.0. The van der Waals surface area contributed by atoms with Gasteiger partial charge in [0, 0.05) is 72.1 Å². The Bertz CT molecular complexity index is 4010. The van der Waals surface area contributed by atoms with Crippen LogP contribution in [0.2, 0.25) is 0 Å². The third-order valence-electron chi connectivity index (χ3n) is 17.8. The van der Waals surface area contributed by atoms with Gasteiger partial charge in [0.15, 0.2) is 17.1 Å². The molecule has 38 nitrogen and oxygen atoms in total. The van der Waals surface area contributed by atoms with Crippen LogP contribution in [0.1, 0.15) is 132 Å². The lowest BCUT2D eigenvalue weighted by Crippen LogP contribution is -2.58. The van der Waals surface area contributed by atoms with Crippen molar-refractivity contribution in [1.29, 1.82) is 0 Å². The van der Waals surface area contributed by atoms with E-state index in [1.54, 1.807) is 20.8 Å². The van der Waals surface area contributed by atoms with Crippen molar-refractivity contribution in [3.8, 4) is 0 Å². The standard InChI is InChI=1S/C67H92N16O22S3/c1-32-9-7-11-45-46(26-47(33(2)23-38-30-106-35(4)74-38)105-52(90)27-48(84)67(5,6)55(92)34(3)54(32)91)83(45)19-20-103-66(102)104-21-22-107-108-31-44(63(100)101)80-60(96)43(25-51(88)89)79-58(94)40(10-8-18-71-64(68)69)77-59(95)42(24-50(86)87)76-49(85)17-16-41(62(98)99)78-57(93)36-12-14-37(15-13-36)72-28-39-29-73-56-53(75-39)61(97)82-65(70)81-56/h12-15,23,29-30,32,34,40-48,54,72,84,91H,7-11,16-22,24-28,31H2,1-6H3,(H,76,85)(H,77,95)(H,78,93)(H,79,94)(H,80,96)(H,86,87)(H,88,89)(H,98,99)(H,100,101)(H4,68,69,71)(H3,70,73,81,82,97)/b33-23+/t32?,34?,40?,41?,42?,43?,44?,45?,46?,47?,48-,54?,83?/m0/s1. The molecule has 2 saturated heterocycles. The lowest BCUT2D eigenvalue weighted by atomic mass is 9.73. The van der Waals surface area contributed by atoms with Crippen LogP contribution in [-0.4, -0.2) is 236 Å². The van der Waals surface area contributed by atoms with E-state index in [-0.39, 0.29) is 110 Å². The minimum atomic E-state index is -2.00. The number of benzene rings is 1. The summed E-state index contributed by atoms with van der Waals surface area (Å²) in [5, 5.41) is 78.9. The van der Waals surface area contributed by atoms with Gasteiger partial charge in [0.05, 0.1) is 66.0 Å². The Morgan fingerprint density at radius 1 is 0.815 bits per heavy atom. The molecule has 590 valence electrons. The Balaban J connectivity index is 0.985. The summed E-state index contributed by atoms with van der Waals surface area (Å²) in [6, 6.07) is -3.57. The highest BCUT2D eigenvalue weighted by atomic mass is 33.1. The maximum absolute atomic E-state index is 14.0. The fourth-order valence-corrected chi connectivity index (χ4v) is 14.3. The number of esters is 1. The number of carboxylic acids is 4. The van der Waals surface area contributed by atoms with Crippen LogP contribution >= 0.6 is 32.9 Å². The van der Waals surface area contributed by atoms with Gasteiger partial charge in [-0.15, -0.1) is 11.3 Å². The zero-order valence-corrected chi connectivity index (χ0v) is 62.5. The second kappa shape index (κ2) is 41.3. The number of thiazole rings is 1. The first kappa shape index (κ1) is 86.8. The molecule has 2 aliphatic rings. The number of aliphatic imine (C=N–C) groups is 1. The SMILES string of the molecule is C/C(=C\c1csc(C)n1)C1CC2C(CCCC(C)C(O)C(C)C(=O)C(C)(C)[C@@H](O)CC(=O)O1)N2CCOC(=O)OCCSSCC(NC(=O)C(CC(=O)O)NC(=O)C(CCCN=C(N)N)NC(=O)C(CC(=O)O)NC(=O)CCC(NC(=O)c1ccc(NCc2cnc3nc(N)[nH]c(=O)c3n2)cc1)C(=O)O)C(=O)O. The third kappa shape index (κ3) is 27.3. The van der Waals surface area contributed by atoms with Gasteiger partial charge >= 0.3 is 36.0 Å². The molecule has 3 aromatic heterocycles. The predicted octanol–water partition coefficient (Wildman–Crippen LogP) is 0.818. The number of cyclic esters (lactones) is 1. The lowest BCUT2D eigenvalue weighted by molar-refractivity contribution is -0.155. The van der Waals surface area contributed by atoms with Gasteiger partial charge in [-0.3, -0.25) is 62.8 Å². The molecule has 0 radical (unpaired) electrons. The fraction of sp³-hybridized carbons (Fsp3) is 0.552. The van der Waals surface area contributed by atoms with Crippen LogP contribution in [0.4, 0.5) is 16.4 Å². The summed E-state index contributed by atoms with van der Waals surface area (Å²) in [5.74, 6) is -15.1. The molecule has 4 aromatic rings. The molecule has 0 saturated carbocycles. The number of aliphatic hydroxyl groups is 2. The Labute approximate surface area is 630 Å². The van der Waals surface area contributed by atoms with Crippen molar-refractivity contribution in [2.45, 2.75) is 179 Å². The Morgan fingerprint density at radius 2 is 1.45 bits per heavy atom. The molecule has 13 atom stereocenters. The molecule has 0 aliphatic carbocycles. The number of nitrogens with one attached hydrogen (secondary N) is 7. The first-order valence-corrected chi connectivity index (χ1v) is 37.7. The van der Waals surface area contributed by atoms with Crippen LogP contribution in [0.5, 0.6) is 0 Å². The van der Waals surface area contributed by atoms with Crippen LogP contribution in [-0.2, 0) is 68.7 Å². The fourth-order valence-electron chi connectivity index (χ4n) is 11.7. The van der Waals surface area contributed by atoms with Crippen molar-refractivity contribution in [1.82, 2.24) is 56.4 Å². The number of aromatic amines is 1. The van der Waals surface area contributed by atoms with Crippen molar-refractivity contribution in [3.05, 3.63) is 73.7 Å². The Hall–Kier alpha value is -10.1. The molecule has 5 heterocycles. The molecule has 0 bridgehead atoms. The second-order valence-corrected chi connectivity index (χ2v) is 30.1. The zero-order chi connectivity index (χ0) is 79.7. The van der Waals surface area contributed by atoms with Gasteiger partial charge in [-0.25, -0.2) is 29.3 Å². The largest absolute Gasteiger partial charge is 0.508 e. The number of nitrogen functional groups attached to an aromatic ring is 1. The average molecular weight is 1570 g/mol. The summed E-state index contributed by atoms with van der Waals surface area (Å²) in [7, 11) is 1.96. The number of hydrogen-bond donors (Lipinski definition) is 16. The predicted molar refractivity (Wildman–Crippen MR) is 393 cm³/mol. The number of nitrogens with two attached hydrogens (primary N) is 3. The molecular formula is C67H92N16O22S3. The molecule has 1 aromatic carbocycles. The van der Waals surface area contributed by atoms with E-state index in [0.717, 1.165) is 26.6 Å². The van der Waals surface area contributed by atoms with Gasteiger partial charge in [0.2, 0.25) is 29.6 Å². The number of Topliss-reactive ketones (excluding diaryl/α,β-unsaturated/α-hetero) is 1. The number of aliphatic hydroxyl groups excluding tert-OH is 2. The van der Waals surface area contributed by atoms with Crippen LogP contribution in [0.3, 0.4) is 0 Å². The van der Waals surface area contributed by atoms with Crippen LogP contribution in [0.15, 0.2) is 51.2 Å². The van der Waals surface area contributed by atoms with Crippen molar-refractivity contribution in [3.63, 3.8) is 0 Å². The Kier molecular flexibility index (Phi) is 33.2. The van der Waals surface area contributed by atoms with Gasteiger partial charge in [-0.1, -0.05) is 55.7 Å². The summed E-state index contributed by atoms with van der Waals surface area (Å²) in [5.41, 5.74) is 16.7. The van der Waals surface area contributed by atoms with E-state index in [9.17, 15) is 93.0 Å². The number of H-pyrrole nitrogens is 1. The number of carbonyl (C=O) groups is 12. The molecule has 19 N–H and O–H groups in total. The maximum atomic E-state index is 14.0. The minimum Gasteiger partial charge on any atom is -0.481 e. The van der Waals surface area contributed by atoms with Crippen molar-refractivity contribution >= 4 is 139 Å². The normalized spacial score (nSPS) is 20.9. The number of carboxylic acid groups (broad SMARTS) is 4. The van der Waals surface area contributed by atoms with E-state index >= 15 is 0 Å². The zero-order valence-electron chi connectivity index (χ0n) is 60.1. The summed E-state index contributed by atoms with van der Waals surface area (Å²) in [4.78, 5) is 194. The van der Waals surface area contributed by atoms with Crippen LogP contribution < -0.4 is 54.7 Å². The smallest absolute Gasteiger partial charge is 0.481 e. The first-order chi connectivity index (χ1) is 51.0. The highest BCUT2D eigenvalue weighted by Gasteiger charge is 2.49. The van der Waals surface area contributed by atoms with Gasteiger partial charge in [0.25, 0.3) is 11.5 Å². The van der Waals surface area contributed by atoms with Crippen molar-refractivity contribution in [2.24, 2.45) is 33.7 Å². The lowest BCUT2D eigenvalue weighted by Gasteiger charge is -2.34. The van der Waals surface area contributed by atoms with E-state index in [0.29, 0.717) is 48.3 Å². The molecular weight excluding hydrogens is 1480 g/mol. The molecule has 41 heteroatoms. The number of guanidine groups is 1. The summed E-state index contributed by atoms with van der Waals surface area (Å²) in [6.45, 7) is 10.1. The Morgan fingerprint density at radius 3 is 2.09 bits per heavy atom. The van der Waals surface area contributed by atoms with Gasteiger partial charge in [0.1, 0.15) is 55.3 Å². The number of aromatic nitrogens is 5. The van der Waals surface area contributed by atoms with E-state index in [1.807, 2.05) is 32.2 Å². The monoisotopic (exact) mass is 1570 g/mol. The van der Waals surface area contributed by atoms with E-state index in [1.165, 1.54) is 41.8 Å².